The molecule has 0 atom stereocenters. The van der Waals surface area contributed by atoms with E-state index in [0.29, 0.717) is 6.54 Å². The van der Waals surface area contributed by atoms with E-state index < -0.39 is 0 Å². The van der Waals surface area contributed by atoms with Crippen molar-refractivity contribution in [2.75, 3.05) is 6.54 Å². The molecule has 0 aromatic carbocycles. The Balaban J connectivity index is 2.82. The molecule has 0 N–H and O–H groups in total. The van der Waals surface area contributed by atoms with Gasteiger partial charge in [0.2, 0.25) is 6.08 Å². The Hall–Kier alpha value is -0.620. The Morgan fingerprint density at radius 3 is 2.89 bits per heavy atom. The highest BCUT2D eigenvalue weighted by Gasteiger charge is 1.83. The van der Waals surface area contributed by atoms with Gasteiger partial charge in [-0.25, -0.2) is 9.79 Å². The zero-order valence-electron chi connectivity index (χ0n) is 5.76. The first-order valence-corrected chi connectivity index (χ1v) is 3.23. The van der Waals surface area contributed by atoms with Gasteiger partial charge in [-0.2, -0.15) is 0 Å². The SMILES string of the molecule is C[CH]CCCCN=C=O. The second kappa shape index (κ2) is 7.38. The molecule has 0 aliphatic carbocycles. The third-order valence-corrected chi connectivity index (χ3v) is 1.08. The second-order valence-corrected chi connectivity index (χ2v) is 1.88. The summed E-state index contributed by atoms with van der Waals surface area (Å²) in [6.45, 7) is 2.67. The molecule has 2 heteroatoms. The van der Waals surface area contributed by atoms with Crippen LogP contribution >= 0.6 is 0 Å². The van der Waals surface area contributed by atoms with Crippen LogP contribution in [0.25, 0.3) is 0 Å². The fourth-order valence-corrected chi connectivity index (χ4v) is 0.585. The third-order valence-electron chi connectivity index (χ3n) is 1.08. The summed E-state index contributed by atoms with van der Waals surface area (Å²) in [6, 6.07) is 0. The summed E-state index contributed by atoms with van der Waals surface area (Å²) in [4.78, 5) is 13.0. The minimum absolute atomic E-state index is 0.636. The molecule has 1 radical (unpaired) electrons. The minimum Gasteiger partial charge on any atom is -0.211 e. The average Bonchev–Trinajstić information content (AvgIpc) is 1.89. The molecule has 0 fully saturated rings. The highest BCUT2D eigenvalue weighted by atomic mass is 16.1. The molecule has 0 aromatic rings. The predicted octanol–water partition coefficient (Wildman–Crippen LogP) is 1.72. The highest BCUT2D eigenvalue weighted by Crippen LogP contribution is 1.96. The summed E-state index contributed by atoms with van der Waals surface area (Å²) < 4.78 is 0. The lowest BCUT2D eigenvalue weighted by atomic mass is 10.2. The maximum Gasteiger partial charge on any atom is 0.234 e. The predicted molar refractivity (Wildman–Crippen MR) is 36.8 cm³/mol. The molecule has 2 nitrogen and oxygen atoms in total. The first-order chi connectivity index (χ1) is 4.41. The number of carbonyl (C=O) groups excluding carboxylic acids is 1. The van der Waals surface area contributed by atoms with Crippen molar-refractivity contribution in [3.05, 3.63) is 6.42 Å². The van der Waals surface area contributed by atoms with Crippen LogP contribution < -0.4 is 0 Å². The van der Waals surface area contributed by atoms with Crippen molar-refractivity contribution in [1.82, 2.24) is 0 Å². The Labute approximate surface area is 56.0 Å². The summed E-state index contributed by atoms with van der Waals surface area (Å²) in [6.07, 6.45) is 6.87. The van der Waals surface area contributed by atoms with E-state index in [2.05, 4.69) is 11.4 Å². The van der Waals surface area contributed by atoms with Crippen molar-refractivity contribution < 1.29 is 4.79 Å². The molecule has 51 valence electrons. The van der Waals surface area contributed by atoms with Crippen LogP contribution in [0, 0.1) is 6.42 Å². The topological polar surface area (TPSA) is 29.4 Å². The van der Waals surface area contributed by atoms with Gasteiger partial charge in [-0.3, -0.25) is 0 Å². The number of aliphatic imine (C=N–C) groups is 1. The molecule has 9 heavy (non-hydrogen) atoms. The lowest BCUT2D eigenvalue weighted by Crippen LogP contribution is -1.80. The van der Waals surface area contributed by atoms with Gasteiger partial charge in [0.1, 0.15) is 0 Å². The number of rotatable bonds is 5. The van der Waals surface area contributed by atoms with E-state index in [4.69, 9.17) is 0 Å². The molecular weight excluding hydrogens is 114 g/mol. The summed E-state index contributed by atoms with van der Waals surface area (Å²) >= 11 is 0. The molecule has 0 rings (SSSR count). The van der Waals surface area contributed by atoms with Gasteiger partial charge < -0.3 is 0 Å². The number of isocyanates is 1. The smallest absolute Gasteiger partial charge is 0.211 e. The monoisotopic (exact) mass is 126 g/mol. The minimum atomic E-state index is 0.636. The third kappa shape index (κ3) is 7.38. The van der Waals surface area contributed by atoms with Crippen LogP contribution in [-0.4, -0.2) is 12.6 Å². The van der Waals surface area contributed by atoms with E-state index in [0.717, 1.165) is 19.3 Å². The van der Waals surface area contributed by atoms with Gasteiger partial charge in [0.25, 0.3) is 0 Å². The van der Waals surface area contributed by atoms with Crippen LogP contribution in [0.5, 0.6) is 0 Å². The van der Waals surface area contributed by atoms with Crippen molar-refractivity contribution in [1.29, 1.82) is 0 Å². The molecule has 0 spiro atoms. The van der Waals surface area contributed by atoms with Crippen molar-refractivity contribution in [3.63, 3.8) is 0 Å². The van der Waals surface area contributed by atoms with E-state index >= 15 is 0 Å². The Bertz CT molecular complexity index is 95.1. The standard InChI is InChI=1S/C7H12NO/c1-2-3-4-5-6-8-7-9/h2H,3-6H2,1H3. The molecule has 0 heterocycles. The molecule has 0 saturated carbocycles. The van der Waals surface area contributed by atoms with Crippen LogP contribution in [0.15, 0.2) is 4.99 Å². The fraction of sp³-hybridized carbons (Fsp3) is 0.714. The zero-order valence-corrected chi connectivity index (χ0v) is 5.76. The van der Waals surface area contributed by atoms with E-state index in [1.165, 1.54) is 6.08 Å². The van der Waals surface area contributed by atoms with Crippen LogP contribution in [0.4, 0.5) is 0 Å². The van der Waals surface area contributed by atoms with E-state index in [1.54, 1.807) is 0 Å². The molecule has 0 aliphatic heterocycles. The van der Waals surface area contributed by atoms with E-state index in [9.17, 15) is 4.79 Å². The maximum atomic E-state index is 9.54. The van der Waals surface area contributed by atoms with Crippen LogP contribution in [0.2, 0.25) is 0 Å². The van der Waals surface area contributed by atoms with E-state index in [1.807, 2.05) is 6.92 Å². The van der Waals surface area contributed by atoms with Crippen molar-refractivity contribution in [2.24, 2.45) is 4.99 Å². The summed E-state index contributed by atoms with van der Waals surface area (Å²) in [7, 11) is 0. The van der Waals surface area contributed by atoms with Gasteiger partial charge in [0.05, 0.1) is 6.54 Å². The Kier molecular flexibility index (Phi) is 6.87. The van der Waals surface area contributed by atoms with Crippen LogP contribution in [0.1, 0.15) is 26.2 Å². The molecule has 0 saturated heterocycles. The van der Waals surface area contributed by atoms with Crippen LogP contribution in [-0.2, 0) is 4.79 Å². The molecule has 0 unspecified atom stereocenters. The lowest BCUT2D eigenvalue weighted by Gasteiger charge is -1.90. The molecule has 0 aliphatic rings. The second-order valence-electron chi connectivity index (χ2n) is 1.88. The number of hydrogen-bond donors (Lipinski definition) is 0. The van der Waals surface area contributed by atoms with Gasteiger partial charge in [0, 0.05) is 0 Å². The van der Waals surface area contributed by atoms with Crippen molar-refractivity contribution >= 4 is 6.08 Å². The fourth-order valence-electron chi connectivity index (χ4n) is 0.585. The van der Waals surface area contributed by atoms with Gasteiger partial charge in [-0.1, -0.05) is 19.8 Å². The Morgan fingerprint density at radius 2 is 2.33 bits per heavy atom. The number of nitrogens with zero attached hydrogens (tertiary/aromatic N) is 1. The highest BCUT2D eigenvalue weighted by molar-refractivity contribution is 5.32. The lowest BCUT2D eigenvalue weighted by molar-refractivity contribution is 0.562. The quantitative estimate of drug-likeness (QED) is 0.313. The largest absolute Gasteiger partial charge is 0.234 e. The summed E-state index contributed by atoms with van der Waals surface area (Å²) in [5.74, 6) is 0. The van der Waals surface area contributed by atoms with Gasteiger partial charge in [0.15, 0.2) is 0 Å². The average molecular weight is 126 g/mol. The summed E-state index contributed by atoms with van der Waals surface area (Å²) in [5, 5.41) is 0. The zero-order chi connectivity index (χ0) is 6.95. The van der Waals surface area contributed by atoms with Crippen LogP contribution in [0.3, 0.4) is 0 Å². The van der Waals surface area contributed by atoms with Gasteiger partial charge >= 0.3 is 0 Å². The molecule has 0 bridgehead atoms. The number of hydrogen-bond acceptors (Lipinski definition) is 2. The maximum absolute atomic E-state index is 9.54. The van der Waals surface area contributed by atoms with Gasteiger partial charge in [-0.05, 0) is 12.8 Å². The van der Waals surface area contributed by atoms with Gasteiger partial charge in [-0.15, -0.1) is 0 Å². The molecular formula is C7H12NO. The first-order valence-electron chi connectivity index (χ1n) is 3.23. The molecule has 0 amide bonds. The first kappa shape index (κ1) is 8.38. The molecule has 0 aromatic heterocycles. The van der Waals surface area contributed by atoms with E-state index in [-0.39, 0.29) is 0 Å². The van der Waals surface area contributed by atoms with Crippen molar-refractivity contribution in [3.8, 4) is 0 Å². The summed E-state index contributed by atoms with van der Waals surface area (Å²) in [5.41, 5.74) is 0. The van der Waals surface area contributed by atoms with Crippen molar-refractivity contribution in [2.45, 2.75) is 26.2 Å². The number of unbranched alkanes of at least 4 members (excludes halogenated alkanes) is 3. The Morgan fingerprint density at radius 1 is 1.56 bits per heavy atom. The normalized spacial score (nSPS) is 8.56.